The Kier molecular flexibility index (Phi) is 33.0. The van der Waals surface area contributed by atoms with Crippen LogP contribution in [0.15, 0.2) is 200 Å². The van der Waals surface area contributed by atoms with Crippen molar-refractivity contribution in [3.8, 4) is 102 Å². The third-order valence-electron chi connectivity index (χ3n) is 17.7. The summed E-state index contributed by atoms with van der Waals surface area (Å²) in [5.41, 5.74) is 34.2. The van der Waals surface area contributed by atoms with Crippen LogP contribution in [-0.2, 0) is 12.8 Å². The molecule has 0 aliphatic heterocycles. The van der Waals surface area contributed by atoms with Crippen molar-refractivity contribution in [1.82, 2.24) is 69.8 Å². The first kappa shape index (κ1) is 91.1. The van der Waals surface area contributed by atoms with E-state index in [0.29, 0.717) is 91.5 Å². The third kappa shape index (κ3) is 25.8. The predicted molar refractivity (Wildman–Crippen MR) is 450 cm³/mol. The standard InChI is InChI=1S/C14H14F3N3.2C13H14FN3O.C13H15N3.C12H12FN3O.C12H11FN2O.C11H9FN2O/c1-9-4-2-3-5-10(9)12-8-19-13(18)11(20-12)6-7-14(15,16)17;2*1-8-4-5-9(14)6-10(8)11-7-16-12(15-2)13(17-11)18-3;1-3-11-13(14)15-8-12(16-11)10-7-5-4-6-9(10)2;1-7-3-4-8(13)5-9(7)10-6-15-11(14)12(16-10)17-2;1-8-3-4-9(13)5-10(8)11-6-14-7-12(15-11)16-2;1-7-2-3-8(12)4-9(7)10-5-13-6-11(15)14-10/h2-5,8H,6-7H2,1H3,(H2,18,19);2*4-7H,1-3H3,(H,15,16);4-8H,3H2,1-2H3,(H2,14,15);3-6H,1-2H3,(H2,14,15);3-7H,1-2H3;2-6H,1H3,(H,14,15). The van der Waals surface area contributed by atoms with Crippen molar-refractivity contribution >= 4 is 29.1 Å². The van der Waals surface area contributed by atoms with Gasteiger partial charge in [0.25, 0.3) is 23.2 Å². The van der Waals surface area contributed by atoms with E-state index in [1.807, 2.05) is 84.9 Å². The number of ether oxygens (including phenoxy) is 4. The van der Waals surface area contributed by atoms with Crippen LogP contribution in [0.1, 0.15) is 63.7 Å². The van der Waals surface area contributed by atoms with E-state index in [9.17, 15) is 39.9 Å². The largest absolute Gasteiger partial charge is 0.480 e. The summed E-state index contributed by atoms with van der Waals surface area (Å²) in [6, 6.07) is 38.3. The minimum Gasteiger partial charge on any atom is -0.480 e. The number of H-pyrrole nitrogens is 1. The van der Waals surface area contributed by atoms with Gasteiger partial charge in [-0.25, -0.2) is 76.8 Å². The fourth-order valence-electron chi connectivity index (χ4n) is 11.3. The molecule has 0 aliphatic carbocycles. The number of aromatic nitrogens is 14. The van der Waals surface area contributed by atoms with Crippen LogP contribution in [0.3, 0.4) is 0 Å². The van der Waals surface area contributed by atoms with Gasteiger partial charge in [0.1, 0.15) is 40.7 Å². The maximum atomic E-state index is 13.3. The summed E-state index contributed by atoms with van der Waals surface area (Å²) < 4.78 is 123. The van der Waals surface area contributed by atoms with Crippen LogP contribution in [0.25, 0.3) is 78.8 Å². The average Bonchev–Trinajstić information content (AvgIpc) is 0.816. The number of alkyl halides is 3. The molecule has 622 valence electrons. The maximum absolute atomic E-state index is 13.3. The number of methoxy groups -OCH3 is 4. The van der Waals surface area contributed by atoms with Gasteiger partial charge in [0, 0.05) is 65.9 Å². The Hall–Kier alpha value is -14.5. The minimum atomic E-state index is -4.23. The molecule has 0 saturated heterocycles. The summed E-state index contributed by atoms with van der Waals surface area (Å²) in [4.78, 5) is 67.7. The molecule has 0 amide bonds. The lowest BCUT2D eigenvalue weighted by Crippen LogP contribution is -2.11. The molecule has 7 aromatic heterocycles. The SMILES string of the molecule is CCc1nc(-c2ccccc2C)cnc1N.CNc1ncc(-c2cc(F)ccc2C)nc1OC.CNc1ncc(-c2cc(F)ccc2C)nc1OC.COc1cncc(-c2cc(F)ccc2C)n1.COc1nc(-c2cc(F)ccc2C)cnc1N.Cc1ccc(F)cc1-c1cncc(=O)[nH]1.Cc1ccccc1-c1cnc(N)c(CCC(F)(F)F)n1. The number of nitrogens with one attached hydrogen (secondary N) is 3. The number of aromatic amines is 1. The highest BCUT2D eigenvalue weighted by Crippen LogP contribution is 2.33. The molecule has 0 radical (unpaired) electrons. The molecule has 0 bridgehead atoms. The third-order valence-corrected chi connectivity index (χ3v) is 17.7. The molecule has 7 aromatic carbocycles. The molecule has 0 spiro atoms. The van der Waals surface area contributed by atoms with E-state index >= 15 is 0 Å². The summed E-state index contributed by atoms with van der Waals surface area (Å²) in [6.07, 6.45) is 9.04. The van der Waals surface area contributed by atoms with Gasteiger partial charge in [0.15, 0.2) is 17.5 Å². The zero-order valence-electron chi connectivity index (χ0n) is 68.2. The summed E-state index contributed by atoms with van der Waals surface area (Å²) in [6.45, 7) is 15.4. The number of aryl methyl sites for hydroxylation is 9. The molecule has 0 atom stereocenters. The van der Waals surface area contributed by atoms with E-state index in [1.165, 1.54) is 126 Å². The average molecular weight is 1640 g/mol. The second-order valence-corrected chi connectivity index (χ2v) is 26.2. The number of benzene rings is 7. The van der Waals surface area contributed by atoms with E-state index < -0.39 is 12.6 Å². The number of nitrogens with two attached hydrogens (primary N) is 3. The molecule has 0 aliphatic rings. The van der Waals surface area contributed by atoms with Crippen molar-refractivity contribution in [3.05, 3.63) is 285 Å². The van der Waals surface area contributed by atoms with E-state index in [4.69, 9.17) is 36.1 Å². The van der Waals surface area contributed by atoms with Crippen molar-refractivity contribution < 1.29 is 54.1 Å². The normalized spacial score (nSPS) is 10.5. The second kappa shape index (κ2) is 43.5. The number of anilines is 5. The molecule has 24 nitrogen and oxygen atoms in total. The van der Waals surface area contributed by atoms with Crippen LogP contribution in [0, 0.1) is 77.6 Å². The maximum Gasteiger partial charge on any atom is 0.389 e. The molecule has 9 N–H and O–H groups in total. The zero-order chi connectivity index (χ0) is 87.3. The van der Waals surface area contributed by atoms with Gasteiger partial charge in [0.2, 0.25) is 5.88 Å². The van der Waals surface area contributed by atoms with Crippen molar-refractivity contribution in [2.24, 2.45) is 0 Å². The first-order valence-corrected chi connectivity index (χ1v) is 36.9. The molecule has 7 heterocycles. The van der Waals surface area contributed by atoms with Gasteiger partial charge in [-0.15, -0.1) is 0 Å². The molecule has 120 heavy (non-hydrogen) atoms. The predicted octanol–water partition coefficient (Wildman–Crippen LogP) is 18.1. The molecule has 0 fully saturated rings. The Labute approximate surface area is 688 Å². The fraction of sp³-hybridized carbons (Fsp3) is 0.205. The summed E-state index contributed by atoms with van der Waals surface area (Å²) in [7, 11) is 9.49. The quantitative estimate of drug-likeness (QED) is 0.0489. The number of hydrogen-bond acceptors (Lipinski definition) is 23. The molecular weight excluding hydrogens is 1560 g/mol. The molecule has 0 saturated carbocycles. The Morgan fingerprint density at radius 3 is 1.10 bits per heavy atom. The van der Waals surface area contributed by atoms with Gasteiger partial charge >= 0.3 is 6.18 Å². The van der Waals surface area contributed by atoms with Crippen LogP contribution in [0.4, 0.5) is 64.2 Å². The molecule has 0 unspecified atom stereocenters. The Morgan fingerprint density at radius 2 is 0.717 bits per heavy atom. The Balaban J connectivity index is 0.000000174. The van der Waals surface area contributed by atoms with Gasteiger partial charge in [-0.3, -0.25) is 14.8 Å². The van der Waals surface area contributed by atoms with Gasteiger partial charge in [-0.2, -0.15) is 13.2 Å². The molecule has 32 heteroatoms. The zero-order valence-corrected chi connectivity index (χ0v) is 68.2. The minimum absolute atomic E-state index is 0.0478. The van der Waals surface area contributed by atoms with Crippen LogP contribution in [-0.4, -0.2) is 118 Å². The lowest BCUT2D eigenvalue weighted by atomic mass is 10.1. The van der Waals surface area contributed by atoms with Crippen LogP contribution in [0.2, 0.25) is 0 Å². The highest BCUT2D eigenvalue weighted by molar-refractivity contribution is 5.70. The van der Waals surface area contributed by atoms with Crippen molar-refractivity contribution in [2.75, 3.05) is 70.4 Å². The van der Waals surface area contributed by atoms with E-state index in [1.54, 1.807) is 69.2 Å². The highest BCUT2D eigenvalue weighted by Gasteiger charge is 2.28. The fourth-order valence-corrected chi connectivity index (χ4v) is 11.3. The van der Waals surface area contributed by atoms with E-state index in [2.05, 4.69) is 99.5 Å². The monoisotopic (exact) mass is 1640 g/mol. The first-order chi connectivity index (χ1) is 57.4. The van der Waals surface area contributed by atoms with Crippen molar-refractivity contribution in [3.63, 3.8) is 0 Å². The van der Waals surface area contributed by atoms with Crippen molar-refractivity contribution in [2.45, 2.75) is 80.8 Å². The molecule has 14 rings (SSSR count). The number of halogens is 8. The van der Waals surface area contributed by atoms with E-state index in [0.717, 1.165) is 67.9 Å². The number of nitrogen functional groups attached to an aromatic ring is 3. The van der Waals surface area contributed by atoms with Gasteiger partial charge in [0.05, 0.1) is 135 Å². The van der Waals surface area contributed by atoms with Gasteiger partial charge < -0.3 is 51.8 Å². The Morgan fingerprint density at radius 1 is 0.375 bits per heavy atom. The lowest BCUT2D eigenvalue weighted by molar-refractivity contribution is -0.134. The Bertz CT molecular complexity index is 5770. The van der Waals surface area contributed by atoms with Gasteiger partial charge in [-0.05, 0) is 154 Å². The first-order valence-electron chi connectivity index (χ1n) is 36.9. The molecular formula is C88H89F8N19O5. The smallest absolute Gasteiger partial charge is 0.389 e. The van der Waals surface area contributed by atoms with Crippen molar-refractivity contribution in [1.29, 1.82) is 0 Å². The second-order valence-electron chi connectivity index (χ2n) is 26.2. The highest BCUT2D eigenvalue weighted by atomic mass is 19.4. The number of nitrogens with zero attached hydrogens (tertiary/aromatic N) is 13. The van der Waals surface area contributed by atoms with Gasteiger partial charge in [-0.1, -0.05) is 85.8 Å². The van der Waals surface area contributed by atoms with E-state index in [-0.39, 0.29) is 64.3 Å². The number of rotatable bonds is 16. The summed E-state index contributed by atoms with van der Waals surface area (Å²) in [5, 5.41) is 5.76. The lowest BCUT2D eigenvalue weighted by Gasteiger charge is -2.10. The summed E-state index contributed by atoms with van der Waals surface area (Å²) in [5.74, 6) is 1.80. The van der Waals surface area contributed by atoms with Crippen LogP contribution in [0.5, 0.6) is 23.5 Å². The van der Waals surface area contributed by atoms with Crippen LogP contribution >= 0.6 is 0 Å². The topological polar surface area (TPSA) is 339 Å². The van der Waals surface area contributed by atoms with Crippen LogP contribution < -0.4 is 52.3 Å². The summed E-state index contributed by atoms with van der Waals surface area (Å²) >= 11 is 0. The molecule has 14 aromatic rings. The number of hydrogen-bond donors (Lipinski definition) is 6.